The van der Waals surface area contributed by atoms with Crippen molar-refractivity contribution in [2.75, 3.05) is 5.32 Å². The first kappa shape index (κ1) is 10.3. The Bertz CT molecular complexity index is 519. The number of anilines is 2. The van der Waals surface area contributed by atoms with E-state index in [0.29, 0.717) is 5.69 Å². The minimum Gasteiger partial charge on any atom is -0.508 e. The summed E-state index contributed by atoms with van der Waals surface area (Å²) in [5.41, 5.74) is 0.400. The van der Waals surface area contributed by atoms with Crippen LogP contribution in [-0.2, 0) is 0 Å². The highest BCUT2D eigenvalue weighted by Crippen LogP contribution is 2.20. The number of rotatable bonds is 2. The number of aromatic hydroxyl groups is 1. The molecule has 2 N–H and O–H groups in total. The number of nitrogens with zero attached hydrogens (tertiary/aromatic N) is 2. The SMILES string of the molecule is Oc1cccc(Nc2nc(F)ncc2F)c1. The molecule has 16 heavy (non-hydrogen) atoms. The smallest absolute Gasteiger partial charge is 0.310 e. The molecule has 0 aliphatic heterocycles. The second-order valence-corrected chi connectivity index (χ2v) is 3.01. The zero-order chi connectivity index (χ0) is 11.5. The van der Waals surface area contributed by atoms with Gasteiger partial charge in [0, 0.05) is 11.8 Å². The Hall–Kier alpha value is -2.24. The molecule has 0 aliphatic carbocycles. The molecule has 82 valence electrons. The Morgan fingerprint density at radius 2 is 2.06 bits per heavy atom. The number of hydrogen-bond acceptors (Lipinski definition) is 4. The van der Waals surface area contributed by atoms with Gasteiger partial charge in [-0.1, -0.05) is 6.07 Å². The maximum atomic E-state index is 13.1. The molecule has 0 spiro atoms. The first-order valence-corrected chi connectivity index (χ1v) is 4.39. The Kier molecular flexibility index (Phi) is 2.63. The molecular formula is C10H7F2N3O. The van der Waals surface area contributed by atoms with E-state index in [-0.39, 0.29) is 11.6 Å². The lowest BCUT2D eigenvalue weighted by atomic mass is 10.3. The first-order chi connectivity index (χ1) is 7.65. The lowest BCUT2D eigenvalue weighted by molar-refractivity contribution is 0.475. The van der Waals surface area contributed by atoms with E-state index in [1.807, 2.05) is 0 Å². The van der Waals surface area contributed by atoms with Gasteiger partial charge in [0.05, 0.1) is 6.20 Å². The summed E-state index contributed by atoms with van der Waals surface area (Å²) in [6.07, 6.45) is -0.294. The van der Waals surface area contributed by atoms with E-state index in [0.717, 1.165) is 6.20 Å². The van der Waals surface area contributed by atoms with E-state index in [1.165, 1.54) is 12.1 Å². The van der Waals surface area contributed by atoms with Crippen LogP contribution in [0, 0.1) is 11.9 Å². The van der Waals surface area contributed by atoms with Gasteiger partial charge in [-0.25, -0.2) is 9.37 Å². The predicted molar refractivity (Wildman–Crippen MR) is 53.3 cm³/mol. The molecule has 0 aliphatic rings. The van der Waals surface area contributed by atoms with Crippen molar-refractivity contribution in [2.24, 2.45) is 0 Å². The maximum Gasteiger partial charge on any atom is 0.310 e. The summed E-state index contributed by atoms with van der Waals surface area (Å²) < 4.78 is 25.8. The van der Waals surface area contributed by atoms with Gasteiger partial charge >= 0.3 is 6.08 Å². The summed E-state index contributed by atoms with van der Waals surface area (Å²) in [5, 5.41) is 11.7. The minimum absolute atomic E-state index is 0.0138. The molecule has 0 saturated carbocycles. The highest BCUT2D eigenvalue weighted by atomic mass is 19.1. The van der Waals surface area contributed by atoms with Gasteiger partial charge in [-0.3, -0.25) is 0 Å². The fraction of sp³-hybridized carbons (Fsp3) is 0. The van der Waals surface area contributed by atoms with Crippen LogP contribution in [0.3, 0.4) is 0 Å². The van der Waals surface area contributed by atoms with Crippen LogP contribution < -0.4 is 5.32 Å². The van der Waals surface area contributed by atoms with Crippen molar-refractivity contribution < 1.29 is 13.9 Å². The number of halogens is 2. The van der Waals surface area contributed by atoms with Crippen molar-refractivity contribution in [3.8, 4) is 5.75 Å². The van der Waals surface area contributed by atoms with Crippen LogP contribution in [0.5, 0.6) is 5.75 Å². The molecule has 0 atom stereocenters. The van der Waals surface area contributed by atoms with Gasteiger partial charge < -0.3 is 10.4 Å². The Labute approximate surface area is 89.6 Å². The Morgan fingerprint density at radius 1 is 1.25 bits per heavy atom. The summed E-state index contributed by atoms with van der Waals surface area (Å²) in [6, 6.07) is 5.97. The number of phenolic OH excluding ortho intramolecular Hbond substituents is 1. The molecular weight excluding hydrogens is 216 g/mol. The number of benzene rings is 1. The fourth-order valence-electron chi connectivity index (χ4n) is 1.15. The second kappa shape index (κ2) is 4.09. The van der Waals surface area contributed by atoms with Crippen molar-refractivity contribution in [1.29, 1.82) is 0 Å². The van der Waals surface area contributed by atoms with Crippen LogP contribution in [0.25, 0.3) is 0 Å². The van der Waals surface area contributed by atoms with Crippen molar-refractivity contribution in [3.05, 3.63) is 42.4 Å². The highest BCUT2D eigenvalue weighted by Gasteiger charge is 2.06. The second-order valence-electron chi connectivity index (χ2n) is 3.01. The highest BCUT2D eigenvalue weighted by molar-refractivity contribution is 5.57. The third-order valence-corrected chi connectivity index (χ3v) is 1.82. The summed E-state index contributed by atoms with van der Waals surface area (Å²) in [4.78, 5) is 6.31. The lowest BCUT2D eigenvalue weighted by Crippen LogP contribution is -2.00. The van der Waals surface area contributed by atoms with Gasteiger partial charge in [0.1, 0.15) is 5.75 Å². The van der Waals surface area contributed by atoms with E-state index >= 15 is 0 Å². The molecule has 0 amide bonds. The molecule has 0 radical (unpaired) electrons. The standard InChI is InChI=1S/C10H7F2N3O/c11-8-5-13-10(12)15-9(8)14-6-2-1-3-7(16)4-6/h1-5,16H,(H,13,14,15). The van der Waals surface area contributed by atoms with Gasteiger partial charge in [0.15, 0.2) is 11.6 Å². The summed E-state index contributed by atoms with van der Waals surface area (Å²) in [5.74, 6) is -1.04. The molecule has 6 heteroatoms. The minimum atomic E-state index is -1.02. The van der Waals surface area contributed by atoms with Crippen LogP contribution in [0.2, 0.25) is 0 Å². The quantitative estimate of drug-likeness (QED) is 0.766. The molecule has 1 heterocycles. The van der Waals surface area contributed by atoms with Crippen LogP contribution >= 0.6 is 0 Å². The summed E-state index contributed by atoms with van der Waals surface area (Å²) in [6.45, 7) is 0. The predicted octanol–water partition coefficient (Wildman–Crippen LogP) is 2.20. The van der Waals surface area contributed by atoms with Gasteiger partial charge in [0.25, 0.3) is 0 Å². The number of nitrogens with one attached hydrogen (secondary N) is 1. The third kappa shape index (κ3) is 2.22. The van der Waals surface area contributed by atoms with E-state index in [1.54, 1.807) is 12.1 Å². The van der Waals surface area contributed by atoms with Crippen LogP contribution in [0.1, 0.15) is 0 Å². The number of hydrogen-bond donors (Lipinski definition) is 2. The molecule has 0 unspecified atom stereocenters. The average Bonchev–Trinajstić information content (AvgIpc) is 2.24. The zero-order valence-corrected chi connectivity index (χ0v) is 7.98. The van der Waals surface area contributed by atoms with Crippen molar-refractivity contribution in [3.63, 3.8) is 0 Å². The Balaban J connectivity index is 2.30. The van der Waals surface area contributed by atoms with Crippen LogP contribution in [-0.4, -0.2) is 15.1 Å². The molecule has 1 aromatic carbocycles. The van der Waals surface area contributed by atoms with E-state index in [4.69, 9.17) is 0 Å². The number of phenols is 1. The molecule has 1 aromatic heterocycles. The maximum absolute atomic E-state index is 13.1. The first-order valence-electron chi connectivity index (χ1n) is 4.39. The molecule has 0 saturated heterocycles. The molecule has 2 rings (SSSR count). The van der Waals surface area contributed by atoms with E-state index in [9.17, 15) is 13.9 Å². The molecule has 0 bridgehead atoms. The van der Waals surface area contributed by atoms with Gasteiger partial charge in [0.2, 0.25) is 0 Å². The average molecular weight is 223 g/mol. The molecule has 4 nitrogen and oxygen atoms in total. The summed E-state index contributed by atoms with van der Waals surface area (Å²) in [7, 11) is 0. The largest absolute Gasteiger partial charge is 0.508 e. The van der Waals surface area contributed by atoms with Crippen LogP contribution in [0.4, 0.5) is 20.3 Å². The van der Waals surface area contributed by atoms with E-state index in [2.05, 4.69) is 15.3 Å². The van der Waals surface area contributed by atoms with Gasteiger partial charge in [-0.05, 0) is 12.1 Å². The van der Waals surface area contributed by atoms with Gasteiger partial charge in [-0.2, -0.15) is 9.37 Å². The molecule has 2 aromatic rings. The van der Waals surface area contributed by atoms with Crippen molar-refractivity contribution in [1.82, 2.24) is 9.97 Å². The van der Waals surface area contributed by atoms with E-state index < -0.39 is 11.9 Å². The topological polar surface area (TPSA) is 58.0 Å². The third-order valence-electron chi connectivity index (χ3n) is 1.82. The summed E-state index contributed by atoms with van der Waals surface area (Å²) >= 11 is 0. The van der Waals surface area contributed by atoms with Crippen LogP contribution in [0.15, 0.2) is 30.5 Å². The van der Waals surface area contributed by atoms with Gasteiger partial charge in [-0.15, -0.1) is 0 Å². The lowest BCUT2D eigenvalue weighted by Gasteiger charge is -2.06. The van der Waals surface area contributed by atoms with Crippen molar-refractivity contribution in [2.45, 2.75) is 0 Å². The normalized spacial score (nSPS) is 10.1. The monoisotopic (exact) mass is 223 g/mol. The molecule has 0 fully saturated rings. The van der Waals surface area contributed by atoms with Crippen molar-refractivity contribution >= 4 is 11.5 Å². The zero-order valence-electron chi connectivity index (χ0n) is 7.98. The Morgan fingerprint density at radius 3 is 2.81 bits per heavy atom. The fourth-order valence-corrected chi connectivity index (χ4v) is 1.15. The number of aromatic nitrogens is 2.